The minimum atomic E-state index is -0.851. The summed E-state index contributed by atoms with van der Waals surface area (Å²) >= 11 is 0. The number of fused-ring (bicyclic) bond motifs is 1. The van der Waals surface area contributed by atoms with E-state index in [2.05, 4.69) is 0 Å². The Morgan fingerprint density at radius 1 is 1.43 bits per heavy atom. The van der Waals surface area contributed by atoms with Crippen LogP contribution in [0.3, 0.4) is 0 Å². The van der Waals surface area contributed by atoms with Gasteiger partial charge in [-0.25, -0.2) is 4.79 Å². The topological polar surface area (TPSA) is 55.8 Å². The van der Waals surface area contributed by atoms with Crippen LogP contribution in [0.1, 0.15) is 6.42 Å². The summed E-state index contributed by atoms with van der Waals surface area (Å²) in [7, 11) is 0. The molecule has 2 unspecified atom stereocenters. The molecule has 1 saturated carbocycles. The summed E-state index contributed by atoms with van der Waals surface area (Å²) in [6.07, 6.45) is 2.32. The molecule has 4 nitrogen and oxygen atoms in total. The van der Waals surface area contributed by atoms with Gasteiger partial charge in [-0.05, 0) is 6.42 Å². The Morgan fingerprint density at radius 2 is 2.21 bits per heavy atom. The molecule has 14 heavy (non-hydrogen) atoms. The van der Waals surface area contributed by atoms with Gasteiger partial charge in [0.25, 0.3) is 0 Å². The Bertz CT molecular complexity index is 309. The molecule has 0 amide bonds. The average molecular weight is 196 g/mol. The molecule has 4 atom stereocenters. The van der Waals surface area contributed by atoms with Crippen molar-refractivity contribution in [3.05, 3.63) is 11.6 Å². The number of carboxylic acid groups (broad SMARTS) is 1. The molecule has 3 aliphatic rings. The van der Waals surface area contributed by atoms with Crippen molar-refractivity contribution in [3.8, 4) is 0 Å². The van der Waals surface area contributed by atoms with E-state index in [0.29, 0.717) is 31.0 Å². The van der Waals surface area contributed by atoms with Gasteiger partial charge in [-0.1, -0.05) is 5.57 Å². The number of aliphatic carboxylic acids is 1. The summed E-state index contributed by atoms with van der Waals surface area (Å²) in [5.41, 5.74) is 1.03. The molecular formula is C10H12O4. The average Bonchev–Trinajstić information content (AvgIpc) is 2.63. The Morgan fingerprint density at radius 3 is 3.00 bits per heavy atom. The van der Waals surface area contributed by atoms with Crippen molar-refractivity contribution in [1.82, 2.24) is 0 Å². The molecule has 2 aliphatic heterocycles. The second-order valence-corrected chi connectivity index (χ2v) is 4.22. The van der Waals surface area contributed by atoms with Crippen LogP contribution in [0.15, 0.2) is 11.6 Å². The van der Waals surface area contributed by atoms with Gasteiger partial charge in [-0.15, -0.1) is 0 Å². The molecule has 0 aromatic heterocycles. The highest BCUT2D eigenvalue weighted by molar-refractivity contribution is 5.81. The normalized spacial score (nSPS) is 47.3. The lowest BCUT2D eigenvalue weighted by atomic mass is 9.96. The van der Waals surface area contributed by atoms with E-state index in [9.17, 15) is 4.79 Å². The molecule has 1 N–H and O–H groups in total. The van der Waals surface area contributed by atoms with Crippen LogP contribution in [0.2, 0.25) is 0 Å². The minimum absolute atomic E-state index is 0.0732. The summed E-state index contributed by atoms with van der Waals surface area (Å²) in [4.78, 5) is 10.7. The number of carbonyl (C=O) groups is 1. The highest BCUT2D eigenvalue weighted by Gasteiger charge is 2.51. The van der Waals surface area contributed by atoms with Crippen LogP contribution in [0, 0.1) is 17.8 Å². The van der Waals surface area contributed by atoms with Gasteiger partial charge in [0.15, 0.2) is 6.29 Å². The van der Waals surface area contributed by atoms with E-state index in [1.54, 1.807) is 0 Å². The van der Waals surface area contributed by atoms with Crippen LogP contribution in [0.25, 0.3) is 0 Å². The third-order valence-electron chi connectivity index (χ3n) is 3.51. The van der Waals surface area contributed by atoms with Crippen LogP contribution < -0.4 is 0 Å². The van der Waals surface area contributed by atoms with Gasteiger partial charge in [0.1, 0.15) is 0 Å². The summed E-state index contributed by atoms with van der Waals surface area (Å²) in [6.45, 7) is 1.25. The Labute approximate surface area is 81.5 Å². The summed E-state index contributed by atoms with van der Waals surface area (Å²) in [5, 5.41) is 8.76. The van der Waals surface area contributed by atoms with Gasteiger partial charge in [0.05, 0.1) is 13.2 Å². The van der Waals surface area contributed by atoms with Crippen molar-refractivity contribution in [2.45, 2.75) is 12.7 Å². The zero-order valence-corrected chi connectivity index (χ0v) is 7.68. The molecule has 0 spiro atoms. The Hall–Kier alpha value is -0.870. The largest absolute Gasteiger partial charge is 0.478 e. The molecule has 4 heteroatoms. The SMILES string of the molecule is O=C(O)C=C1C2CO[C@H]3OC[C@@H]1C3C2. The predicted octanol–water partition coefficient (Wildman–Crippen LogP) is 0.636. The van der Waals surface area contributed by atoms with E-state index in [1.165, 1.54) is 6.08 Å². The standard InChI is InChI=1S/C10H12O4/c11-9(12)2-6-5-1-7-8(6)4-14-10(7)13-3-5/h2,5,7-8,10H,1,3-4H2,(H,11,12)/t5?,7?,8-,10-/m0/s1. The van der Waals surface area contributed by atoms with Crippen molar-refractivity contribution < 1.29 is 19.4 Å². The Kier molecular flexibility index (Phi) is 1.69. The maximum atomic E-state index is 10.7. The van der Waals surface area contributed by atoms with Gasteiger partial charge in [-0.3, -0.25) is 0 Å². The number of hydrogen-bond acceptors (Lipinski definition) is 3. The monoisotopic (exact) mass is 196 g/mol. The maximum absolute atomic E-state index is 10.7. The van der Waals surface area contributed by atoms with Crippen molar-refractivity contribution in [2.24, 2.45) is 17.8 Å². The highest BCUT2D eigenvalue weighted by atomic mass is 16.7. The van der Waals surface area contributed by atoms with Crippen LogP contribution in [-0.2, 0) is 14.3 Å². The van der Waals surface area contributed by atoms with Crippen molar-refractivity contribution >= 4 is 5.97 Å². The molecule has 76 valence electrons. The van der Waals surface area contributed by atoms with Crippen molar-refractivity contribution in [2.75, 3.05) is 13.2 Å². The van der Waals surface area contributed by atoms with Gasteiger partial charge in [0.2, 0.25) is 0 Å². The first-order valence-electron chi connectivity index (χ1n) is 4.93. The molecule has 3 fully saturated rings. The molecule has 2 saturated heterocycles. The van der Waals surface area contributed by atoms with Gasteiger partial charge >= 0.3 is 5.97 Å². The highest BCUT2D eigenvalue weighted by Crippen LogP contribution is 2.51. The molecular weight excluding hydrogens is 184 g/mol. The first kappa shape index (κ1) is 8.44. The molecule has 2 heterocycles. The number of rotatable bonds is 1. The summed E-state index contributed by atoms with van der Waals surface area (Å²) in [6, 6.07) is 0. The van der Waals surface area contributed by atoms with Crippen molar-refractivity contribution in [1.29, 1.82) is 0 Å². The predicted molar refractivity (Wildman–Crippen MR) is 46.5 cm³/mol. The van der Waals surface area contributed by atoms with Gasteiger partial charge < -0.3 is 14.6 Å². The van der Waals surface area contributed by atoms with E-state index in [0.717, 1.165) is 12.0 Å². The van der Waals surface area contributed by atoms with Crippen LogP contribution in [0.4, 0.5) is 0 Å². The number of carboxylic acids is 1. The second-order valence-electron chi connectivity index (χ2n) is 4.22. The lowest BCUT2D eigenvalue weighted by molar-refractivity contribution is -0.158. The lowest BCUT2D eigenvalue weighted by Crippen LogP contribution is -2.28. The second kappa shape index (κ2) is 2.81. The fraction of sp³-hybridized carbons (Fsp3) is 0.700. The first-order chi connectivity index (χ1) is 6.75. The molecule has 2 bridgehead atoms. The van der Waals surface area contributed by atoms with E-state index >= 15 is 0 Å². The zero-order chi connectivity index (χ0) is 9.71. The molecule has 0 aromatic rings. The van der Waals surface area contributed by atoms with E-state index in [4.69, 9.17) is 14.6 Å². The molecule has 1 aliphatic carbocycles. The fourth-order valence-corrected chi connectivity index (χ4v) is 2.94. The third kappa shape index (κ3) is 1.04. The van der Waals surface area contributed by atoms with Crippen LogP contribution in [-0.4, -0.2) is 30.6 Å². The first-order valence-corrected chi connectivity index (χ1v) is 4.93. The minimum Gasteiger partial charge on any atom is -0.478 e. The maximum Gasteiger partial charge on any atom is 0.328 e. The molecule has 0 aromatic carbocycles. The zero-order valence-electron chi connectivity index (χ0n) is 7.68. The molecule has 0 radical (unpaired) electrons. The van der Waals surface area contributed by atoms with Gasteiger partial charge in [0, 0.05) is 23.8 Å². The number of hydrogen-bond donors (Lipinski definition) is 1. The van der Waals surface area contributed by atoms with Crippen LogP contribution >= 0.6 is 0 Å². The number of ether oxygens (including phenoxy) is 2. The smallest absolute Gasteiger partial charge is 0.328 e. The lowest BCUT2D eigenvalue weighted by Gasteiger charge is -2.25. The van der Waals surface area contributed by atoms with Gasteiger partial charge in [-0.2, -0.15) is 0 Å². The third-order valence-corrected chi connectivity index (χ3v) is 3.51. The quantitative estimate of drug-likeness (QED) is 0.625. The van der Waals surface area contributed by atoms with E-state index < -0.39 is 5.97 Å². The van der Waals surface area contributed by atoms with E-state index in [1.807, 2.05) is 0 Å². The Balaban J connectivity index is 1.96. The van der Waals surface area contributed by atoms with Crippen LogP contribution in [0.5, 0.6) is 0 Å². The summed E-state index contributed by atoms with van der Waals surface area (Å²) < 4.78 is 11.0. The van der Waals surface area contributed by atoms with Crippen molar-refractivity contribution in [3.63, 3.8) is 0 Å². The van der Waals surface area contributed by atoms with E-state index in [-0.39, 0.29) is 6.29 Å². The molecule has 3 rings (SSSR count). The fourth-order valence-electron chi connectivity index (χ4n) is 2.94. The summed E-state index contributed by atoms with van der Waals surface area (Å²) in [5.74, 6) is 0.167.